The van der Waals surface area contributed by atoms with E-state index in [9.17, 15) is 29.6 Å². The van der Waals surface area contributed by atoms with Crippen molar-refractivity contribution in [1.82, 2.24) is 10.6 Å². The molecule has 2 amide bonds. The van der Waals surface area contributed by atoms with Gasteiger partial charge in [-0.2, -0.15) is 0 Å². The van der Waals surface area contributed by atoms with Crippen LogP contribution in [0.5, 0.6) is 0 Å². The zero-order chi connectivity index (χ0) is 23.8. The zero-order valence-corrected chi connectivity index (χ0v) is 17.1. The third-order valence-corrected chi connectivity index (χ3v) is 4.52. The number of nitro groups is 1. The lowest BCUT2D eigenvalue weighted by molar-refractivity contribution is -0.384. The van der Waals surface area contributed by atoms with E-state index in [2.05, 4.69) is 10.6 Å². The van der Waals surface area contributed by atoms with Crippen LogP contribution in [-0.4, -0.2) is 33.9 Å². The largest absolute Gasteiger partial charge is 0.480 e. The molecule has 1 heterocycles. The fraction of sp³-hybridized carbons (Fsp3) is 0.0870. The van der Waals surface area contributed by atoms with Crippen molar-refractivity contribution in [1.29, 1.82) is 0 Å². The van der Waals surface area contributed by atoms with Gasteiger partial charge in [-0.3, -0.25) is 19.7 Å². The second-order valence-corrected chi connectivity index (χ2v) is 6.90. The van der Waals surface area contributed by atoms with E-state index in [1.54, 1.807) is 30.3 Å². The molecule has 0 bridgehead atoms. The molecular formula is C23H19N3O7. The Balaban J connectivity index is 1.89. The zero-order valence-electron chi connectivity index (χ0n) is 17.1. The van der Waals surface area contributed by atoms with Gasteiger partial charge in [0.2, 0.25) is 0 Å². The molecule has 0 aliphatic heterocycles. The quantitative estimate of drug-likeness (QED) is 0.258. The number of furan rings is 1. The maximum atomic E-state index is 13.0. The number of amides is 2. The number of carbonyl (C=O) groups is 3. The highest BCUT2D eigenvalue weighted by atomic mass is 16.6. The number of aliphatic carboxylic acids is 1. The van der Waals surface area contributed by atoms with Crippen LogP contribution in [0.3, 0.4) is 0 Å². The molecule has 1 atom stereocenters. The number of carbonyl (C=O) groups excluding carboxylic acids is 2. The van der Waals surface area contributed by atoms with E-state index < -0.39 is 28.7 Å². The van der Waals surface area contributed by atoms with Crippen molar-refractivity contribution in [3.05, 3.63) is 106 Å². The van der Waals surface area contributed by atoms with E-state index in [1.165, 1.54) is 48.7 Å². The summed E-state index contributed by atoms with van der Waals surface area (Å²) in [4.78, 5) is 47.6. The minimum atomic E-state index is -1.28. The van der Waals surface area contributed by atoms with Gasteiger partial charge in [0.1, 0.15) is 11.7 Å². The van der Waals surface area contributed by atoms with E-state index >= 15 is 0 Å². The van der Waals surface area contributed by atoms with Gasteiger partial charge in [0.05, 0.1) is 11.2 Å². The number of hydrogen-bond acceptors (Lipinski definition) is 6. The average Bonchev–Trinajstić information content (AvgIpc) is 3.34. The Bertz CT molecular complexity index is 1190. The smallest absolute Gasteiger partial charge is 0.326 e. The molecule has 10 heteroatoms. The summed E-state index contributed by atoms with van der Waals surface area (Å²) in [5, 5.41) is 25.4. The van der Waals surface area contributed by atoms with Gasteiger partial charge in [0.25, 0.3) is 17.5 Å². The molecule has 0 radical (unpaired) electrons. The van der Waals surface area contributed by atoms with Crippen molar-refractivity contribution in [2.75, 3.05) is 0 Å². The number of carboxylic acids is 1. The summed E-state index contributed by atoms with van der Waals surface area (Å²) in [7, 11) is 0. The van der Waals surface area contributed by atoms with Crippen molar-refractivity contribution in [3.8, 4) is 0 Å². The highest BCUT2D eigenvalue weighted by Crippen LogP contribution is 2.16. The summed E-state index contributed by atoms with van der Waals surface area (Å²) in [6.45, 7) is 0. The first-order valence-corrected chi connectivity index (χ1v) is 9.72. The van der Waals surface area contributed by atoms with Gasteiger partial charge in [0.15, 0.2) is 5.76 Å². The van der Waals surface area contributed by atoms with E-state index in [0.717, 1.165) is 0 Å². The van der Waals surface area contributed by atoms with Crippen LogP contribution in [-0.2, 0) is 16.0 Å². The van der Waals surface area contributed by atoms with Crippen LogP contribution in [0.15, 0.2) is 83.1 Å². The molecule has 2 aromatic carbocycles. The first-order chi connectivity index (χ1) is 15.8. The number of rotatable bonds is 9. The van der Waals surface area contributed by atoms with Crippen molar-refractivity contribution in [2.45, 2.75) is 12.5 Å². The number of carboxylic acid groups (broad SMARTS) is 1. The summed E-state index contributed by atoms with van der Waals surface area (Å²) >= 11 is 0. The van der Waals surface area contributed by atoms with Gasteiger partial charge < -0.3 is 20.2 Å². The number of nitrogens with one attached hydrogen (secondary N) is 2. The standard InChI is InChI=1S/C23H19N3O7/c27-21(25-19(23(29)30)13-15-6-2-1-3-7-15)18(24-22(28)20-10-5-11-33-20)14-16-8-4-9-17(12-16)26(31)32/h1-12,14,19H,13H2,(H,24,28)(H,25,27)(H,29,30). The molecule has 33 heavy (non-hydrogen) atoms. The van der Waals surface area contributed by atoms with Crippen molar-refractivity contribution >= 4 is 29.5 Å². The molecule has 1 unspecified atom stereocenters. The molecule has 168 valence electrons. The van der Waals surface area contributed by atoms with Crippen LogP contribution < -0.4 is 10.6 Å². The van der Waals surface area contributed by atoms with Crippen LogP contribution in [0.2, 0.25) is 0 Å². The number of nitro benzene ring substituents is 1. The molecule has 3 rings (SSSR count). The molecule has 0 spiro atoms. The Hall–Kier alpha value is -4.73. The van der Waals surface area contributed by atoms with E-state index in [0.29, 0.717) is 5.56 Å². The molecule has 3 aromatic rings. The maximum absolute atomic E-state index is 13.0. The minimum Gasteiger partial charge on any atom is -0.480 e. The predicted molar refractivity (Wildman–Crippen MR) is 117 cm³/mol. The second kappa shape index (κ2) is 10.5. The van der Waals surface area contributed by atoms with Gasteiger partial charge in [-0.05, 0) is 29.3 Å². The SMILES string of the molecule is O=C(NC(Cc1ccccc1)C(=O)O)C(=Cc1cccc([N+](=O)[O-])c1)NC(=O)c1ccco1. The van der Waals surface area contributed by atoms with Gasteiger partial charge >= 0.3 is 5.97 Å². The summed E-state index contributed by atoms with van der Waals surface area (Å²) in [5.74, 6) is -2.97. The van der Waals surface area contributed by atoms with Crippen molar-refractivity contribution in [2.24, 2.45) is 0 Å². The average molecular weight is 449 g/mol. The molecule has 3 N–H and O–H groups in total. The van der Waals surface area contributed by atoms with Crippen LogP contribution in [0.25, 0.3) is 6.08 Å². The minimum absolute atomic E-state index is 0.0120. The van der Waals surface area contributed by atoms with Crippen LogP contribution in [0.1, 0.15) is 21.7 Å². The Kier molecular flexibility index (Phi) is 7.32. The molecule has 0 fully saturated rings. The number of non-ortho nitro benzene ring substituents is 1. The maximum Gasteiger partial charge on any atom is 0.326 e. The Morgan fingerprint density at radius 3 is 2.45 bits per heavy atom. The predicted octanol–water partition coefficient (Wildman–Crippen LogP) is 2.77. The molecule has 0 aliphatic rings. The van der Waals surface area contributed by atoms with Gasteiger partial charge in [0, 0.05) is 18.6 Å². The molecule has 0 saturated heterocycles. The lowest BCUT2D eigenvalue weighted by Crippen LogP contribution is -2.45. The molecule has 0 aliphatic carbocycles. The molecular weight excluding hydrogens is 430 g/mol. The van der Waals surface area contributed by atoms with Crippen LogP contribution in [0.4, 0.5) is 5.69 Å². The number of nitrogens with zero attached hydrogens (tertiary/aromatic N) is 1. The summed E-state index contributed by atoms with van der Waals surface area (Å²) in [6, 6.07) is 15.7. The van der Waals surface area contributed by atoms with Gasteiger partial charge in [-0.1, -0.05) is 42.5 Å². The van der Waals surface area contributed by atoms with E-state index in [4.69, 9.17) is 4.42 Å². The van der Waals surface area contributed by atoms with Crippen molar-refractivity contribution in [3.63, 3.8) is 0 Å². The third kappa shape index (κ3) is 6.37. The Morgan fingerprint density at radius 1 is 1.06 bits per heavy atom. The van der Waals surface area contributed by atoms with E-state index in [1.807, 2.05) is 0 Å². The monoisotopic (exact) mass is 449 g/mol. The van der Waals surface area contributed by atoms with Crippen molar-refractivity contribution < 1.29 is 28.8 Å². The lowest BCUT2D eigenvalue weighted by atomic mass is 10.1. The highest BCUT2D eigenvalue weighted by Gasteiger charge is 2.24. The molecule has 10 nitrogen and oxygen atoms in total. The third-order valence-electron chi connectivity index (χ3n) is 4.52. The fourth-order valence-electron chi connectivity index (χ4n) is 2.93. The topological polar surface area (TPSA) is 152 Å². The molecule has 1 aromatic heterocycles. The lowest BCUT2D eigenvalue weighted by Gasteiger charge is -2.16. The first-order valence-electron chi connectivity index (χ1n) is 9.72. The summed E-state index contributed by atoms with van der Waals surface area (Å²) < 4.78 is 5.02. The Morgan fingerprint density at radius 2 is 1.82 bits per heavy atom. The van der Waals surface area contributed by atoms with Gasteiger partial charge in [-0.25, -0.2) is 4.79 Å². The normalized spacial score (nSPS) is 11.9. The number of benzene rings is 2. The summed E-state index contributed by atoms with van der Waals surface area (Å²) in [6.07, 6.45) is 2.50. The summed E-state index contributed by atoms with van der Waals surface area (Å²) in [5.41, 5.74) is 0.419. The first kappa shape index (κ1) is 22.9. The fourth-order valence-corrected chi connectivity index (χ4v) is 2.93. The van der Waals surface area contributed by atoms with Gasteiger partial charge in [-0.15, -0.1) is 0 Å². The number of hydrogen-bond donors (Lipinski definition) is 3. The highest BCUT2D eigenvalue weighted by molar-refractivity contribution is 6.05. The Labute approximate surface area is 187 Å². The van der Waals surface area contributed by atoms with Crippen LogP contribution >= 0.6 is 0 Å². The van der Waals surface area contributed by atoms with E-state index in [-0.39, 0.29) is 29.1 Å². The van der Waals surface area contributed by atoms with Crippen LogP contribution in [0, 0.1) is 10.1 Å². The second-order valence-electron chi connectivity index (χ2n) is 6.90. The molecule has 0 saturated carbocycles.